The van der Waals surface area contributed by atoms with Gasteiger partial charge in [0.1, 0.15) is 0 Å². The van der Waals surface area contributed by atoms with Crippen LogP contribution in [0, 0.1) is 13.8 Å². The Hall–Kier alpha value is -4.68. The molecule has 0 aliphatic rings. The van der Waals surface area contributed by atoms with Gasteiger partial charge >= 0.3 is 0 Å². The highest BCUT2D eigenvalue weighted by atomic mass is 14.2. The van der Waals surface area contributed by atoms with Crippen LogP contribution in [0.1, 0.15) is 11.1 Å². The highest BCUT2D eigenvalue weighted by Gasteiger charge is 2.16. The summed E-state index contributed by atoms with van der Waals surface area (Å²) < 4.78 is 0. The van der Waals surface area contributed by atoms with Gasteiger partial charge in [0, 0.05) is 0 Å². The second-order valence-electron chi connectivity index (χ2n) is 9.91. The van der Waals surface area contributed by atoms with E-state index in [-0.39, 0.29) is 0 Å². The summed E-state index contributed by atoms with van der Waals surface area (Å²) in [5, 5.41) is 0. The molecule has 6 rings (SSSR count). The smallest absolute Gasteiger partial charge is 0.00990 e. The van der Waals surface area contributed by atoms with Gasteiger partial charge in [0.05, 0.1) is 0 Å². The number of hydrogen-bond acceptors (Lipinski definition) is 0. The Morgan fingerprint density at radius 3 is 0.711 bits per heavy atom. The normalized spacial score (nSPS) is 10.9. The molecule has 0 unspecified atom stereocenters. The maximum Gasteiger partial charge on any atom is -0.00990 e. The van der Waals surface area contributed by atoms with Crippen molar-refractivity contribution in [2.75, 3.05) is 0 Å². The van der Waals surface area contributed by atoms with E-state index in [2.05, 4.69) is 159 Å². The van der Waals surface area contributed by atoms with Crippen LogP contribution in [0.15, 0.2) is 146 Å². The van der Waals surface area contributed by atoms with Crippen LogP contribution in [0.5, 0.6) is 0 Å². The van der Waals surface area contributed by atoms with Gasteiger partial charge in [-0.3, -0.25) is 0 Å². The molecule has 6 aromatic carbocycles. The minimum atomic E-state index is 1.24. The van der Waals surface area contributed by atoms with Crippen molar-refractivity contribution >= 4 is 0 Å². The molecule has 0 aliphatic carbocycles. The molecule has 0 heterocycles. The quantitative estimate of drug-likeness (QED) is 0.227. The first-order valence-corrected chi connectivity index (χ1v) is 13.2. The average molecular weight is 487 g/mol. The number of aryl methyl sites for hydroxylation is 2. The first-order valence-electron chi connectivity index (χ1n) is 13.2. The molecular formula is C38H30. The molecular weight excluding hydrogens is 456 g/mol. The molecule has 0 fully saturated rings. The summed E-state index contributed by atoms with van der Waals surface area (Å²) in [6, 6.07) is 52.8. The minimum Gasteiger partial charge on any atom is -0.0616 e. The molecule has 0 N–H and O–H groups in total. The summed E-state index contributed by atoms with van der Waals surface area (Å²) in [4.78, 5) is 0. The topological polar surface area (TPSA) is 0 Å². The molecule has 0 aliphatic heterocycles. The van der Waals surface area contributed by atoms with Gasteiger partial charge in [-0.1, -0.05) is 157 Å². The molecule has 38 heavy (non-hydrogen) atoms. The van der Waals surface area contributed by atoms with Crippen LogP contribution < -0.4 is 0 Å². The Morgan fingerprint density at radius 2 is 0.447 bits per heavy atom. The van der Waals surface area contributed by atoms with Crippen molar-refractivity contribution in [2.45, 2.75) is 13.8 Å². The van der Waals surface area contributed by atoms with Gasteiger partial charge in [-0.15, -0.1) is 0 Å². The van der Waals surface area contributed by atoms with Crippen LogP contribution in [0.4, 0.5) is 0 Å². The van der Waals surface area contributed by atoms with E-state index in [0.717, 1.165) is 0 Å². The summed E-state index contributed by atoms with van der Waals surface area (Å²) in [5.74, 6) is 0. The van der Waals surface area contributed by atoms with Crippen LogP contribution >= 0.6 is 0 Å². The lowest BCUT2D eigenvalue weighted by atomic mass is 9.85. The lowest BCUT2D eigenvalue weighted by Crippen LogP contribution is -1.92. The zero-order valence-corrected chi connectivity index (χ0v) is 21.9. The Morgan fingerprint density at radius 1 is 0.237 bits per heavy atom. The molecule has 0 saturated heterocycles. The Labute approximate surface area is 225 Å². The first kappa shape index (κ1) is 23.7. The molecule has 0 nitrogen and oxygen atoms in total. The van der Waals surface area contributed by atoms with Gasteiger partial charge in [0.2, 0.25) is 0 Å². The number of hydrogen-bond donors (Lipinski definition) is 0. The van der Waals surface area contributed by atoms with Gasteiger partial charge in [0.15, 0.2) is 0 Å². The van der Waals surface area contributed by atoms with E-state index in [0.29, 0.717) is 0 Å². The SMILES string of the molecule is Cc1ccc(-c2ccccc2-c2ccccc2-c2ccccc2-c2ccccc2-c2ccc(C)cc2)cc1. The Bertz CT molecular complexity index is 1570. The summed E-state index contributed by atoms with van der Waals surface area (Å²) in [6.07, 6.45) is 0. The first-order chi connectivity index (χ1) is 18.7. The van der Waals surface area contributed by atoms with E-state index in [1.807, 2.05) is 0 Å². The van der Waals surface area contributed by atoms with Crippen molar-refractivity contribution < 1.29 is 0 Å². The van der Waals surface area contributed by atoms with Crippen molar-refractivity contribution in [3.05, 3.63) is 157 Å². The second kappa shape index (κ2) is 10.4. The zero-order chi connectivity index (χ0) is 25.9. The predicted molar refractivity (Wildman–Crippen MR) is 163 cm³/mol. The van der Waals surface area contributed by atoms with E-state index < -0.39 is 0 Å². The predicted octanol–water partition coefficient (Wildman–Crippen LogP) is 10.6. The molecule has 182 valence electrons. The molecule has 0 saturated carbocycles. The third-order valence-electron chi connectivity index (χ3n) is 7.30. The maximum atomic E-state index is 2.26. The summed E-state index contributed by atoms with van der Waals surface area (Å²) in [5.41, 5.74) is 15.0. The van der Waals surface area contributed by atoms with Gasteiger partial charge in [-0.2, -0.15) is 0 Å². The molecule has 0 amide bonds. The summed E-state index contributed by atoms with van der Waals surface area (Å²) >= 11 is 0. The van der Waals surface area contributed by atoms with Crippen molar-refractivity contribution in [1.82, 2.24) is 0 Å². The van der Waals surface area contributed by atoms with Crippen molar-refractivity contribution in [3.8, 4) is 55.6 Å². The molecule has 0 bridgehead atoms. The third kappa shape index (κ3) is 4.58. The summed E-state index contributed by atoms with van der Waals surface area (Å²) in [7, 11) is 0. The largest absolute Gasteiger partial charge is 0.0616 e. The average Bonchev–Trinajstić information content (AvgIpc) is 2.98. The van der Waals surface area contributed by atoms with Crippen LogP contribution in [-0.4, -0.2) is 0 Å². The van der Waals surface area contributed by atoms with Gasteiger partial charge in [-0.05, 0) is 69.5 Å². The second-order valence-corrected chi connectivity index (χ2v) is 9.91. The van der Waals surface area contributed by atoms with Gasteiger partial charge < -0.3 is 0 Å². The van der Waals surface area contributed by atoms with Crippen molar-refractivity contribution in [3.63, 3.8) is 0 Å². The van der Waals surface area contributed by atoms with Gasteiger partial charge in [-0.25, -0.2) is 0 Å². The molecule has 0 radical (unpaired) electrons. The molecule has 0 atom stereocenters. The highest BCUT2D eigenvalue weighted by Crippen LogP contribution is 2.43. The summed E-state index contributed by atoms with van der Waals surface area (Å²) in [6.45, 7) is 4.27. The number of rotatable bonds is 5. The maximum absolute atomic E-state index is 2.26. The van der Waals surface area contributed by atoms with Crippen LogP contribution in [-0.2, 0) is 0 Å². The fourth-order valence-corrected chi connectivity index (χ4v) is 5.31. The van der Waals surface area contributed by atoms with Crippen LogP contribution in [0.25, 0.3) is 55.6 Å². The molecule has 0 heteroatoms. The van der Waals surface area contributed by atoms with Crippen molar-refractivity contribution in [1.29, 1.82) is 0 Å². The minimum absolute atomic E-state index is 1.24. The highest BCUT2D eigenvalue weighted by molar-refractivity contribution is 5.98. The van der Waals surface area contributed by atoms with Crippen LogP contribution in [0.3, 0.4) is 0 Å². The van der Waals surface area contributed by atoms with E-state index in [1.165, 1.54) is 66.8 Å². The lowest BCUT2D eigenvalue weighted by Gasteiger charge is -2.18. The fourth-order valence-electron chi connectivity index (χ4n) is 5.31. The fraction of sp³-hybridized carbons (Fsp3) is 0.0526. The van der Waals surface area contributed by atoms with E-state index in [1.54, 1.807) is 0 Å². The Kier molecular flexibility index (Phi) is 6.46. The molecule has 6 aromatic rings. The third-order valence-corrected chi connectivity index (χ3v) is 7.30. The van der Waals surface area contributed by atoms with Crippen LogP contribution in [0.2, 0.25) is 0 Å². The van der Waals surface area contributed by atoms with E-state index in [4.69, 9.17) is 0 Å². The molecule has 0 aromatic heterocycles. The zero-order valence-electron chi connectivity index (χ0n) is 21.9. The monoisotopic (exact) mass is 486 g/mol. The number of benzene rings is 6. The van der Waals surface area contributed by atoms with E-state index >= 15 is 0 Å². The van der Waals surface area contributed by atoms with E-state index in [9.17, 15) is 0 Å². The van der Waals surface area contributed by atoms with Gasteiger partial charge in [0.25, 0.3) is 0 Å². The van der Waals surface area contributed by atoms with Crippen molar-refractivity contribution in [2.24, 2.45) is 0 Å². The standard InChI is InChI=1S/C38H30/c1-27-19-23-29(24-20-27)31-11-3-5-13-33(31)35-15-7-9-17-37(35)38-18-10-8-16-36(38)34-14-6-4-12-32(34)30-25-21-28(2)22-26-30/h3-26H,1-2H3. The lowest BCUT2D eigenvalue weighted by molar-refractivity contribution is 1.46. The molecule has 0 spiro atoms. The Balaban J connectivity index is 1.54.